The minimum absolute atomic E-state index is 0.0718. The number of halogens is 1. The highest BCUT2D eigenvalue weighted by Gasteiger charge is 2.41. The fourth-order valence-corrected chi connectivity index (χ4v) is 3.12. The van der Waals surface area contributed by atoms with Crippen LogP contribution in [-0.4, -0.2) is 59.5 Å². The number of benzene rings is 1. The molecule has 0 bridgehead atoms. The molecule has 0 radical (unpaired) electrons. The Labute approximate surface area is 188 Å². The van der Waals surface area contributed by atoms with Crippen molar-refractivity contribution in [3.8, 4) is 22.7 Å². The van der Waals surface area contributed by atoms with Crippen molar-refractivity contribution in [2.45, 2.75) is 13.2 Å². The Bertz CT molecular complexity index is 1110. The molecule has 1 aliphatic heterocycles. The van der Waals surface area contributed by atoms with Gasteiger partial charge in [-0.1, -0.05) is 0 Å². The molecule has 1 aliphatic rings. The van der Waals surface area contributed by atoms with Gasteiger partial charge in [0, 0.05) is 25.4 Å². The summed E-state index contributed by atoms with van der Waals surface area (Å²) in [5.74, 6) is -0.620. The van der Waals surface area contributed by atoms with Crippen molar-refractivity contribution in [1.29, 1.82) is 0 Å². The lowest BCUT2D eigenvalue weighted by molar-refractivity contribution is -0.241. The first-order valence-electron chi connectivity index (χ1n) is 10.2. The molecule has 174 valence electrons. The van der Waals surface area contributed by atoms with Crippen LogP contribution in [0.1, 0.15) is 19.1 Å². The number of hydrogen-bond donors (Lipinski definition) is 2. The number of carboxylic acid groups (broad SMARTS) is 1. The quantitative estimate of drug-likeness (QED) is 0.486. The minimum atomic E-state index is -1.17. The Morgan fingerprint density at radius 2 is 1.97 bits per heavy atom. The Hall–Kier alpha value is -3.41. The second kappa shape index (κ2) is 9.61. The number of methoxy groups -OCH3 is 1. The van der Waals surface area contributed by atoms with E-state index in [1.54, 1.807) is 31.5 Å². The highest BCUT2D eigenvalue weighted by Crippen LogP contribution is 2.37. The molecule has 3 heterocycles. The molecule has 10 nitrogen and oxygen atoms in total. The number of carboxylic acids is 1. The molecule has 1 saturated heterocycles. The maximum atomic E-state index is 13.5. The van der Waals surface area contributed by atoms with Crippen molar-refractivity contribution < 1.29 is 32.9 Å². The van der Waals surface area contributed by atoms with E-state index in [1.165, 1.54) is 19.1 Å². The third-order valence-electron chi connectivity index (χ3n) is 5.06. The molecule has 0 spiro atoms. The van der Waals surface area contributed by atoms with E-state index in [-0.39, 0.29) is 24.9 Å². The van der Waals surface area contributed by atoms with Gasteiger partial charge in [-0.3, -0.25) is 4.79 Å². The van der Waals surface area contributed by atoms with Crippen LogP contribution in [0.4, 0.5) is 10.3 Å². The number of ether oxygens (including phenoxy) is 3. The summed E-state index contributed by atoms with van der Waals surface area (Å²) in [7, 11) is 1.60. The number of aromatic nitrogens is 3. The van der Waals surface area contributed by atoms with Crippen LogP contribution in [0.2, 0.25) is 0 Å². The molecule has 33 heavy (non-hydrogen) atoms. The number of rotatable bonds is 8. The van der Waals surface area contributed by atoms with Crippen LogP contribution in [-0.2, 0) is 19.0 Å². The van der Waals surface area contributed by atoms with Gasteiger partial charge in [0.15, 0.2) is 5.76 Å². The number of anilines is 1. The lowest BCUT2D eigenvalue weighted by Gasteiger charge is -2.32. The Morgan fingerprint density at radius 1 is 1.24 bits per heavy atom. The summed E-state index contributed by atoms with van der Waals surface area (Å²) in [6.45, 7) is 2.38. The summed E-state index contributed by atoms with van der Waals surface area (Å²) in [4.78, 5) is 24.6. The number of oxazole rings is 1. The molecule has 0 atom stereocenters. The molecular weight excluding hydrogens is 435 g/mol. The number of hydrogen-bond acceptors (Lipinski definition) is 9. The van der Waals surface area contributed by atoms with Gasteiger partial charge in [0.2, 0.25) is 12.2 Å². The molecule has 2 aromatic heterocycles. The number of carbonyl (C=O) groups is 1. The van der Waals surface area contributed by atoms with Gasteiger partial charge in [-0.15, -0.1) is 0 Å². The average Bonchev–Trinajstić information content (AvgIpc) is 3.26. The first-order chi connectivity index (χ1) is 15.9. The molecule has 0 saturated carbocycles. The lowest BCUT2D eigenvalue weighted by Crippen LogP contribution is -2.42. The maximum absolute atomic E-state index is 13.5. The largest absolute Gasteiger partial charge is 0.481 e. The van der Waals surface area contributed by atoms with Crippen LogP contribution in [0.3, 0.4) is 0 Å². The van der Waals surface area contributed by atoms with Crippen molar-refractivity contribution in [3.05, 3.63) is 48.2 Å². The summed E-state index contributed by atoms with van der Waals surface area (Å²) < 4.78 is 35.7. The summed E-state index contributed by atoms with van der Waals surface area (Å²) in [6.07, 6.45) is 0.575. The smallest absolute Gasteiger partial charge is 0.314 e. The zero-order valence-corrected chi connectivity index (χ0v) is 18.1. The summed E-state index contributed by atoms with van der Waals surface area (Å²) in [5.41, 5.74) is 0.279. The van der Waals surface area contributed by atoms with Crippen LogP contribution in [0.5, 0.6) is 0 Å². The molecule has 0 aliphatic carbocycles. The molecule has 1 aromatic carbocycles. The molecule has 11 heteroatoms. The average molecular weight is 458 g/mol. The van der Waals surface area contributed by atoms with Gasteiger partial charge < -0.3 is 29.1 Å². The molecule has 0 amide bonds. The van der Waals surface area contributed by atoms with Crippen LogP contribution >= 0.6 is 0 Å². The Kier molecular flexibility index (Phi) is 6.63. The molecule has 1 fully saturated rings. The summed E-state index contributed by atoms with van der Waals surface area (Å²) >= 11 is 0. The highest BCUT2D eigenvalue weighted by atomic mass is 19.1. The van der Waals surface area contributed by atoms with Crippen molar-refractivity contribution in [2.24, 2.45) is 5.41 Å². The van der Waals surface area contributed by atoms with E-state index >= 15 is 0 Å². The molecule has 4 rings (SSSR count). The van der Waals surface area contributed by atoms with Crippen LogP contribution in [0.25, 0.3) is 22.7 Å². The zero-order valence-electron chi connectivity index (χ0n) is 18.1. The third kappa shape index (κ3) is 5.00. The standard InChI is InChI=1S/C22H23FN4O6/c1-22(20(28)29)11-31-19(32-12-22)18-27-16(13-3-5-14(23)6-4-13)17(33-18)15-7-8-24-21(26-15)25-9-10-30-2/h3-8,19H,9-12H2,1-2H3,(H,28,29)(H,24,25,26). The fourth-order valence-electron chi connectivity index (χ4n) is 3.12. The van der Waals surface area contributed by atoms with Gasteiger partial charge in [0.1, 0.15) is 22.6 Å². The number of nitrogens with one attached hydrogen (secondary N) is 1. The van der Waals surface area contributed by atoms with Gasteiger partial charge in [0.05, 0.1) is 19.8 Å². The first-order valence-corrected chi connectivity index (χ1v) is 10.2. The predicted molar refractivity (Wildman–Crippen MR) is 114 cm³/mol. The van der Waals surface area contributed by atoms with Gasteiger partial charge >= 0.3 is 5.97 Å². The monoisotopic (exact) mass is 458 g/mol. The number of aliphatic carboxylic acids is 1. The molecule has 3 aromatic rings. The predicted octanol–water partition coefficient (Wildman–Crippen LogP) is 3.13. The maximum Gasteiger partial charge on any atom is 0.314 e. The van der Waals surface area contributed by atoms with E-state index in [1.807, 2.05) is 0 Å². The second-order valence-corrected chi connectivity index (χ2v) is 7.74. The van der Waals surface area contributed by atoms with Crippen LogP contribution < -0.4 is 5.32 Å². The van der Waals surface area contributed by atoms with E-state index in [2.05, 4.69) is 20.3 Å². The Morgan fingerprint density at radius 3 is 2.64 bits per heavy atom. The van der Waals surface area contributed by atoms with Gasteiger partial charge in [0.25, 0.3) is 5.89 Å². The van der Waals surface area contributed by atoms with Crippen LogP contribution in [0, 0.1) is 11.2 Å². The first kappa shape index (κ1) is 22.8. The third-order valence-corrected chi connectivity index (χ3v) is 5.06. The second-order valence-electron chi connectivity index (χ2n) is 7.74. The van der Waals surface area contributed by atoms with Crippen molar-refractivity contribution in [2.75, 3.05) is 38.8 Å². The van der Waals surface area contributed by atoms with Crippen LogP contribution in [0.15, 0.2) is 40.9 Å². The van der Waals surface area contributed by atoms with E-state index < -0.39 is 17.7 Å². The lowest BCUT2D eigenvalue weighted by atomic mass is 9.92. The van der Waals surface area contributed by atoms with Gasteiger partial charge in [-0.25, -0.2) is 19.3 Å². The van der Waals surface area contributed by atoms with Crippen molar-refractivity contribution in [3.63, 3.8) is 0 Å². The van der Waals surface area contributed by atoms with E-state index in [0.717, 1.165) is 0 Å². The number of nitrogens with zero attached hydrogens (tertiary/aromatic N) is 3. The van der Waals surface area contributed by atoms with E-state index in [9.17, 15) is 14.3 Å². The summed E-state index contributed by atoms with van der Waals surface area (Å²) in [5, 5.41) is 12.4. The minimum Gasteiger partial charge on any atom is -0.481 e. The Balaban J connectivity index is 1.68. The SMILES string of the molecule is COCCNc1nccc(-c2oc(C3OCC(C)(C(=O)O)CO3)nc2-c2ccc(F)cc2)n1. The fraction of sp³-hybridized carbons (Fsp3) is 0.364. The normalized spacial score (nSPS) is 20.5. The molecule has 0 unspecified atom stereocenters. The zero-order chi connectivity index (χ0) is 23.4. The van der Waals surface area contributed by atoms with Crippen molar-refractivity contribution in [1.82, 2.24) is 15.0 Å². The molecule has 2 N–H and O–H groups in total. The highest BCUT2D eigenvalue weighted by molar-refractivity contribution is 5.76. The topological polar surface area (TPSA) is 129 Å². The molecular formula is C22H23FN4O6. The van der Waals surface area contributed by atoms with E-state index in [4.69, 9.17) is 18.6 Å². The van der Waals surface area contributed by atoms with Crippen molar-refractivity contribution >= 4 is 11.9 Å². The summed E-state index contributed by atoms with van der Waals surface area (Å²) in [6, 6.07) is 7.43. The van der Waals surface area contributed by atoms with E-state index in [0.29, 0.717) is 41.8 Å². The van der Waals surface area contributed by atoms with Gasteiger partial charge in [-0.2, -0.15) is 0 Å². The van der Waals surface area contributed by atoms with Gasteiger partial charge in [-0.05, 0) is 37.3 Å².